The highest BCUT2D eigenvalue weighted by atomic mass is 16.2. The normalized spacial score (nSPS) is 19.8. The predicted octanol–water partition coefficient (Wildman–Crippen LogP) is 1.93. The third kappa shape index (κ3) is 4.87. The summed E-state index contributed by atoms with van der Waals surface area (Å²) in [6.45, 7) is 8.44. The zero-order valence-corrected chi connectivity index (χ0v) is 18.2. The van der Waals surface area contributed by atoms with Crippen molar-refractivity contribution in [1.29, 1.82) is 0 Å². The molecule has 162 valence electrons. The number of carbonyl (C=O) groups is 1. The molecule has 1 aromatic carbocycles. The Labute approximate surface area is 178 Å². The molecule has 0 saturated carbocycles. The van der Waals surface area contributed by atoms with E-state index in [2.05, 4.69) is 39.3 Å². The summed E-state index contributed by atoms with van der Waals surface area (Å²) in [5, 5.41) is 11.2. The average molecular weight is 412 g/mol. The lowest BCUT2D eigenvalue weighted by atomic mass is 9.93. The van der Waals surface area contributed by atoms with Gasteiger partial charge >= 0.3 is 0 Å². The Kier molecular flexibility index (Phi) is 6.74. The highest BCUT2D eigenvalue weighted by molar-refractivity contribution is 5.94. The molecule has 30 heavy (non-hydrogen) atoms. The second-order valence-corrected chi connectivity index (χ2v) is 8.66. The van der Waals surface area contributed by atoms with Gasteiger partial charge in [-0.05, 0) is 106 Å². The van der Waals surface area contributed by atoms with E-state index in [0.29, 0.717) is 5.92 Å². The third-order valence-corrected chi connectivity index (χ3v) is 6.73. The van der Waals surface area contributed by atoms with Crippen LogP contribution in [0.5, 0.6) is 0 Å². The van der Waals surface area contributed by atoms with Crippen molar-refractivity contribution in [2.75, 3.05) is 46.3 Å². The summed E-state index contributed by atoms with van der Waals surface area (Å²) < 4.78 is 1.59. The molecule has 1 amide bonds. The molecule has 3 heterocycles. The van der Waals surface area contributed by atoms with Crippen molar-refractivity contribution in [1.82, 2.24) is 34.9 Å². The Balaban J connectivity index is 1.29. The van der Waals surface area contributed by atoms with Crippen molar-refractivity contribution < 1.29 is 4.79 Å². The lowest BCUT2D eigenvalue weighted by Crippen LogP contribution is -2.48. The lowest BCUT2D eigenvalue weighted by molar-refractivity contribution is 0.0611. The molecule has 2 aliphatic heterocycles. The highest BCUT2D eigenvalue weighted by Gasteiger charge is 2.28. The predicted molar refractivity (Wildman–Crippen MR) is 116 cm³/mol. The fourth-order valence-electron chi connectivity index (χ4n) is 4.75. The van der Waals surface area contributed by atoms with E-state index in [1.165, 1.54) is 51.9 Å². The van der Waals surface area contributed by atoms with Crippen LogP contribution in [0, 0.1) is 5.92 Å². The number of nitrogens with zero attached hydrogens (tertiary/aromatic N) is 7. The van der Waals surface area contributed by atoms with Crippen molar-refractivity contribution in [3.63, 3.8) is 0 Å². The Morgan fingerprint density at radius 1 is 1.07 bits per heavy atom. The van der Waals surface area contributed by atoms with Gasteiger partial charge in [0.15, 0.2) is 0 Å². The Morgan fingerprint density at radius 2 is 1.77 bits per heavy atom. The second-order valence-electron chi connectivity index (χ2n) is 8.66. The lowest BCUT2D eigenvalue weighted by Gasteiger charge is -2.41. The van der Waals surface area contributed by atoms with Crippen LogP contribution in [0.15, 0.2) is 30.6 Å². The number of piperidine rings is 2. The monoisotopic (exact) mass is 411 g/mol. The number of likely N-dealkylation sites (tertiary alicyclic amines) is 2. The molecular weight excluding hydrogens is 378 g/mol. The first-order chi connectivity index (χ1) is 14.6. The zero-order valence-electron chi connectivity index (χ0n) is 18.2. The van der Waals surface area contributed by atoms with Gasteiger partial charge in [-0.2, -0.15) is 0 Å². The SMILES string of the molecule is CCN(CC1CCN(C2CCN(C)CC2)CC1)C(=O)c1ccc(-n2cnnn2)cc1. The van der Waals surface area contributed by atoms with Crippen molar-refractivity contribution in [3.05, 3.63) is 36.2 Å². The van der Waals surface area contributed by atoms with Gasteiger partial charge in [0, 0.05) is 24.7 Å². The van der Waals surface area contributed by atoms with Gasteiger partial charge in [-0.15, -0.1) is 5.10 Å². The second kappa shape index (κ2) is 9.66. The van der Waals surface area contributed by atoms with Crippen molar-refractivity contribution in [2.24, 2.45) is 5.92 Å². The molecule has 0 N–H and O–H groups in total. The van der Waals surface area contributed by atoms with Crippen molar-refractivity contribution in [2.45, 2.75) is 38.6 Å². The Bertz CT molecular complexity index is 791. The molecule has 0 aliphatic carbocycles. The summed E-state index contributed by atoms with van der Waals surface area (Å²) in [7, 11) is 2.22. The number of carbonyl (C=O) groups excluding carboxylic acids is 1. The number of hydrogen-bond donors (Lipinski definition) is 0. The molecule has 0 radical (unpaired) electrons. The van der Waals surface area contributed by atoms with E-state index in [-0.39, 0.29) is 5.91 Å². The average Bonchev–Trinajstić information content (AvgIpc) is 3.33. The van der Waals surface area contributed by atoms with Crippen LogP contribution < -0.4 is 0 Å². The number of rotatable bonds is 6. The van der Waals surface area contributed by atoms with E-state index in [1.54, 1.807) is 11.0 Å². The van der Waals surface area contributed by atoms with Gasteiger partial charge in [0.05, 0.1) is 5.69 Å². The van der Waals surface area contributed by atoms with Crippen molar-refractivity contribution in [3.8, 4) is 5.69 Å². The molecule has 1 aromatic heterocycles. The van der Waals surface area contributed by atoms with Crippen LogP contribution in [0.2, 0.25) is 0 Å². The fraction of sp³-hybridized carbons (Fsp3) is 0.636. The van der Waals surface area contributed by atoms with Crippen LogP contribution >= 0.6 is 0 Å². The van der Waals surface area contributed by atoms with Crippen LogP contribution in [0.4, 0.5) is 0 Å². The van der Waals surface area contributed by atoms with Gasteiger partial charge < -0.3 is 14.7 Å². The maximum Gasteiger partial charge on any atom is 0.253 e. The minimum atomic E-state index is 0.110. The summed E-state index contributed by atoms with van der Waals surface area (Å²) in [4.78, 5) is 20.2. The summed E-state index contributed by atoms with van der Waals surface area (Å²) in [5.74, 6) is 0.704. The van der Waals surface area contributed by atoms with E-state index in [1.807, 2.05) is 29.2 Å². The standard InChI is InChI=1S/C22H33N7O/c1-3-27(22(30)19-4-6-21(7-5-19)29-17-23-24-25-29)16-18-8-14-28(15-9-18)20-10-12-26(2)13-11-20/h4-7,17-18,20H,3,8-16H2,1-2H3. The highest BCUT2D eigenvalue weighted by Crippen LogP contribution is 2.24. The van der Waals surface area contributed by atoms with Gasteiger partial charge in [0.25, 0.3) is 5.91 Å². The maximum atomic E-state index is 13.1. The summed E-state index contributed by atoms with van der Waals surface area (Å²) in [6, 6.07) is 8.26. The topological polar surface area (TPSA) is 70.4 Å². The van der Waals surface area contributed by atoms with Gasteiger partial charge in [-0.1, -0.05) is 0 Å². The van der Waals surface area contributed by atoms with E-state index >= 15 is 0 Å². The van der Waals surface area contributed by atoms with Crippen LogP contribution in [0.25, 0.3) is 5.69 Å². The van der Waals surface area contributed by atoms with Crippen LogP contribution in [0.3, 0.4) is 0 Å². The van der Waals surface area contributed by atoms with E-state index in [4.69, 9.17) is 0 Å². The third-order valence-electron chi connectivity index (χ3n) is 6.73. The number of hydrogen-bond acceptors (Lipinski definition) is 6. The summed E-state index contributed by atoms with van der Waals surface area (Å²) >= 11 is 0. The summed E-state index contributed by atoms with van der Waals surface area (Å²) in [5.41, 5.74) is 1.57. The van der Waals surface area contributed by atoms with Crippen molar-refractivity contribution >= 4 is 5.91 Å². The maximum absolute atomic E-state index is 13.1. The number of tetrazole rings is 1. The summed E-state index contributed by atoms with van der Waals surface area (Å²) in [6.07, 6.45) is 6.51. The number of benzene rings is 1. The van der Waals surface area contributed by atoms with Crippen LogP contribution in [0.1, 0.15) is 43.0 Å². The number of amides is 1. The van der Waals surface area contributed by atoms with Gasteiger partial charge in [-0.25, -0.2) is 4.68 Å². The first kappa shape index (κ1) is 20.9. The quantitative estimate of drug-likeness (QED) is 0.723. The largest absolute Gasteiger partial charge is 0.339 e. The molecule has 4 rings (SSSR count). The van der Waals surface area contributed by atoms with Gasteiger partial charge in [-0.3, -0.25) is 4.79 Å². The molecule has 2 saturated heterocycles. The first-order valence-electron chi connectivity index (χ1n) is 11.2. The smallest absolute Gasteiger partial charge is 0.253 e. The zero-order chi connectivity index (χ0) is 20.9. The molecule has 2 aromatic rings. The molecule has 8 nitrogen and oxygen atoms in total. The minimum absolute atomic E-state index is 0.110. The fourth-order valence-corrected chi connectivity index (χ4v) is 4.75. The van der Waals surface area contributed by atoms with Gasteiger partial charge in [0.2, 0.25) is 0 Å². The molecule has 0 atom stereocenters. The first-order valence-corrected chi connectivity index (χ1v) is 11.2. The molecule has 2 aliphatic rings. The van der Waals surface area contributed by atoms with Crippen LogP contribution in [-0.2, 0) is 0 Å². The minimum Gasteiger partial charge on any atom is -0.339 e. The molecule has 0 unspecified atom stereocenters. The Hall–Kier alpha value is -2.32. The Morgan fingerprint density at radius 3 is 2.37 bits per heavy atom. The number of aromatic nitrogens is 4. The molecule has 2 fully saturated rings. The van der Waals surface area contributed by atoms with E-state index < -0.39 is 0 Å². The molecular formula is C22H33N7O. The molecule has 0 bridgehead atoms. The molecule has 0 spiro atoms. The van der Waals surface area contributed by atoms with E-state index in [0.717, 1.165) is 30.4 Å². The van der Waals surface area contributed by atoms with E-state index in [9.17, 15) is 4.79 Å². The van der Waals surface area contributed by atoms with Gasteiger partial charge in [0.1, 0.15) is 6.33 Å². The molecule has 8 heteroatoms. The van der Waals surface area contributed by atoms with Crippen LogP contribution in [-0.4, -0.2) is 93.2 Å².